The maximum absolute atomic E-state index is 12.0. The first kappa shape index (κ1) is 26.7. The van der Waals surface area contributed by atoms with Crippen LogP contribution in [0.4, 0.5) is 5.69 Å². The molecule has 0 aliphatic heterocycles. The summed E-state index contributed by atoms with van der Waals surface area (Å²) in [7, 11) is 3.52. The van der Waals surface area contributed by atoms with Gasteiger partial charge in [-0.05, 0) is 50.1 Å². The molecule has 0 aliphatic rings. The topological polar surface area (TPSA) is 60.0 Å². The fourth-order valence-electron chi connectivity index (χ4n) is 3.11. The van der Waals surface area contributed by atoms with Gasteiger partial charge in [0.15, 0.2) is 5.96 Å². The third-order valence-corrected chi connectivity index (χ3v) is 4.77. The number of amides is 1. The summed E-state index contributed by atoms with van der Waals surface area (Å²) >= 11 is 0. The number of halogens is 1. The zero-order valence-corrected chi connectivity index (χ0v) is 21.4. The van der Waals surface area contributed by atoms with Gasteiger partial charge in [0.2, 0.25) is 0 Å². The lowest BCUT2D eigenvalue weighted by atomic mass is 10.1. The van der Waals surface area contributed by atoms with E-state index in [1.165, 1.54) is 5.69 Å². The Balaban J connectivity index is 0.00000480. The number of hydrogen-bond donors (Lipinski definition) is 2. The van der Waals surface area contributed by atoms with Gasteiger partial charge >= 0.3 is 0 Å². The van der Waals surface area contributed by atoms with Gasteiger partial charge in [0.05, 0.1) is 6.54 Å². The molecule has 0 heterocycles. The van der Waals surface area contributed by atoms with E-state index in [0.717, 1.165) is 44.1 Å². The molecular weight excluding hydrogens is 501 g/mol. The number of hydrogen-bond acceptors (Lipinski definition) is 3. The summed E-state index contributed by atoms with van der Waals surface area (Å²) in [6.07, 6.45) is 1.02. The van der Waals surface area contributed by atoms with E-state index in [1.54, 1.807) is 19.0 Å². The molecule has 2 aromatic rings. The van der Waals surface area contributed by atoms with E-state index in [4.69, 9.17) is 0 Å². The SMILES string of the molecule is CCNC(=NCc1ccc(C(=O)N(C)C)cc1)NCCCN(CC)c1ccccc1.I. The van der Waals surface area contributed by atoms with Crippen LogP contribution in [0, 0.1) is 0 Å². The quantitative estimate of drug-likeness (QED) is 0.209. The van der Waals surface area contributed by atoms with Crippen molar-refractivity contribution in [1.29, 1.82) is 0 Å². The Morgan fingerprint density at radius 1 is 0.968 bits per heavy atom. The standard InChI is InChI=1S/C24H35N5O.HI/c1-5-25-24(26-17-10-18-29(6-2)22-11-8-7-9-12-22)27-19-20-13-15-21(16-14-20)23(30)28(3)4;/h7-9,11-16H,5-6,10,17-19H2,1-4H3,(H2,25,26,27);1H. The van der Waals surface area contributed by atoms with Crippen molar-refractivity contribution in [3.63, 3.8) is 0 Å². The van der Waals surface area contributed by atoms with Crippen molar-refractivity contribution in [2.45, 2.75) is 26.8 Å². The number of rotatable bonds is 10. The molecule has 2 N–H and O–H groups in total. The lowest BCUT2D eigenvalue weighted by Gasteiger charge is -2.23. The lowest BCUT2D eigenvalue weighted by molar-refractivity contribution is 0.0827. The molecule has 0 unspecified atom stereocenters. The smallest absolute Gasteiger partial charge is 0.253 e. The Labute approximate surface area is 204 Å². The fourth-order valence-corrected chi connectivity index (χ4v) is 3.11. The number of guanidine groups is 1. The van der Waals surface area contributed by atoms with Crippen LogP contribution in [-0.4, -0.2) is 57.0 Å². The number of benzene rings is 2. The van der Waals surface area contributed by atoms with Gasteiger partial charge in [-0.15, -0.1) is 24.0 Å². The number of nitrogens with zero attached hydrogens (tertiary/aromatic N) is 3. The number of anilines is 1. The second kappa shape index (κ2) is 14.7. The van der Waals surface area contributed by atoms with Crippen LogP contribution >= 0.6 is 24.0 Å². The molecule has 7 heteroatoms. The largest absolute Gasteiger partial charge is 0.372 e. The van der Waals surface area contributed by atoms with Gasteiger partial charge < -0.3 is 20.4 Å². The van der Waals surface area contributed by atoms with Crippen LogP contribution in [0.2, 0.25) is 0 Å². The minimum Gasteiger partial charge on any atom is -0.372 e. The average Bonchev–Trinajstić information content (AvgIpc) is 2.77. The Kier molecular flexibility index (Phi) is 12.7. The highest BCUT2D eigenvalue weighted by molar-refractivity contribution is 14.0. The van der Waals surface area contributed by atoms with Gasteiger partial charge in [0, 0.05) is 51.5 Å². The number of para-hydroxylation sites is 1. The molecule has 0 aromatic heterocycles. The summed E-state index contributed by atoms with van der Waals surface area (Å²) in [6.45, 7) is 8.46. The first-order valence-electron chi connectivity index (χ1n) is 10.7. The molecule has 0 bridgehead atoms. The zero-order chi connectivity index (χ0) is 21.8. The maximum atomic E-state index is 12.0. The third-order valence-electron chi connectivity index (χ3n) is 4.77. The zero-order valence-electron chi connectivity index (χ0n) is 19.1. The number of carbonyl (C=O) groups excluding carboxylic acids is 1. The van der Waals surface area contributed by atoms with Crippen LogP contribution < -0.4 is 15.5 Å². The Morgan fingerprint density at radius 2 is 1.65 bits per heavy atom. The van der Waals surface area contributed by atoms with Crippen molar-refractivity contribution in [2.75, 3.05) is 45.2 Å². The number of carbonyl (C=O) groups is 1. The molecule has 0 spiro atoms. The van der Waals surface area contributed by atoms with Gasteiger partial charge in [-0.1, -0.05) is 30.3 Å². The highest BCUT2D eigenvalue weighted by atomic mass is 127. The Hall–Kier alpha value is -2.29. The molecule has 0 saturated heterocycles. The van der Waals surface area contributed by atoms with E-state index in [1.807, 2.05) is 30.3 Å². The average molecular weight is 537 g/mol. The molecule has 170 valence electrons. The van der Waals surface area contributed by atoms with Crippen molar-refractivity contribution >= 4 is 41.5 Å². The molecule has 0 saturated carbocycles. The summed E-state index contributed by atoms with van der Waals surface area (Å²) in [5.74, 6) is 0.824. The van der Waals surface area contributed by atoms with Crippen LogP contribution in [-0.2, 0) is 6.54 Å². The van der Waals surface area contributed by atoms with Crippen molar-refractivity contribution in [3.05, 3.63) is 65.7 Å². The molecule has 0 fully saturated rings. The highest BCUT2D eigenvalue weighted by Crippen LogP contribution is 2.12. The summed E-state index contributed by atoms with van der Waals surface area (Å²) in [5, 5.41) is 6.71. The normalized spacial score (nSPS) is 10.8. The van der Waals surface area contributed by atoms with Crippen LogP contribution in [0.15, 0.2) is 59.6 Å². The van der Waals surface area contributed by atoms with E-state index in [9.17, 15) is 4.79 Å². The predicted octanol–water partition coefficient (Wildman–Crippen LogP) is 3.98. The van der Waals surface area contributed by atoms with E-state index in [0.29, 0.717) is 12.1 Å². The molecule has 31 heavy (non-hydrogen) atoms. The van der Waals surface area contributed by atoms with Crippen molar-refractivity contribution < 1.29 is 4.79 Å². The third kappa shape index (κ3) is 9.16. The second-order valence-corrected chi connectivity index (χ2v) is 7.29. The van der Waals surface area contributed by atoms with E-state index < -0.39 is 0 Å². The van der Waals surface area contributed by atoms with Crippen LogP contribution in [0.5, 0.6) is 0 Å². The van der Waals surface area contributed by atoms with Gasteiger partial charge in [-0.3, -0.25) is 4.79 Å². The summed E-state index contributed by atoms with van der Waals surface area (Å²) < 4.78 is 0. The van der Waals surface area contributed by atoms with Gasteiger partial charge in [-0.2, -0.15) is 0 Å². The van der Waals surface area contributed by atoms with Crippen LogP contribution in [0.25, 0.3) is 0 Å². The van der Waals surface area contributed by atoms with Crippen molar-refractivity contribution in [1.82, 2.24) is 15.5 Å². The Bertz CT molecular complexity index is 793. The first-order chi connectivity index (χ1) is 14.5. The van der Waals surface area contributed by atoms with Gasteiger partial charge in [0.1, 0.15) is 0 Å². The van der Waals surface area contributed by atoms with Gasteiger partial charge in [-0.25, -0.2) is 4.99 Å². The van der Waals surface area contributed by atoms with Gasteiger partial charge in [0.25, 0.3) is 5.91 Å². The molecule has 2 aromatic carbocycles. The summed E-state index contributed by atoms with van der Waals surface area (Å²) in [4.78, 5) is 20.6. The van der Waals surface area contributed by atoms with Crippen molar-refractivity contribution in [2.24, 2.45) is 4.99 Å². The monoisotopic (exact) mass is 537 g/mol. The van der Waals surface area contributed by atoms with E-state index in [2.05, 4.69) is 58.6 Å². The minimum absolute atomic E-state index is 0. The molecule has 1 amide bonds. The Morgan fingerprint density at radius 3 is 2.23 bits per heavy atom. The van der Waals surface area contributed by atoms with Crippen LogP contribution in [0.1, 0.15) is 36.2 Å². The summed E-state index contributed by atoms with van der Waals surface area (Å²) in [6, 6.07) is 18.1. The van der Waals surface area contributed by atoms with E-state index >= 15 is 0 Å². The van der Waals surface area contributed by atoms with E-state index in [-0.39, 0.29) is 29.9 Å². The number of aliphatic imine (C=N–C) groups is 1. The molecule has 0 radical (unpaired) electrons. The second-order valence-electron chi connectivity index (χ2n) is 7.29. The highest BCUT2D eigenvalue weighted by Gasteiger charge is 2.07. The maximum Gasteiger partial charge on any atom is 0.253 e. The van der Waals surface area contributed by atoms with Crippen molar-refractivity contribution in [3.8, 4) is 0 Å². The molecule has 0 aliphatic carbocycles. The molecule has 6 nitrogen and oxygen atoms in total. The lowest BCUT2D eigenvalue weighted by Crippen LogP contribution is -2.38. The molecular formula is C24H36IN5O. The molecule has 2 rings (SSSR count). The minimum atomic E-state index is 0. The predicted molar refractivity (Wildman–Crippen MR) is 142 cm³/mol. The van der Waals surface area contributed by atoms with Crippen LogP contribution in [0.3, 0.4) is 0 Å². The summed E-state index contributed by atoms with van der Waals surface area (Å²) in [5.41, 5.74) is 3.03. The number of nitrogens with one attached hydrogen (secondary N) is 2. The fraction of sp³-hybridized carbons (Fsp3) is 0.417. The molecule has 0 atom stereocenters. The first-order valence-corrected chi connectivity index (χ1v) is 10.7.